The molecule has 0 atom stereocenters. The highest BCUT2D eigenvalue weighted by Gasteiger charge is 2.08. The van der Waals surface area contributed by atoms with Crippen LogP contribution in [0.25, 0.3) is 27.1 Å². The SMILES string of the molecule is C=C/C(=C(/C=C\C)C(\C)=C/C)c1ccc2c(ccc3cc(C)ccc32)c1. The maximum Gasteiger partial charge on any atom is -0.0105 e. The minimum absolute atomic E-state index is 1.17. The van der Waals surface area contributed by atoms with E-state index < -0.39 is 0 Å². The molecule has 3 aromatic carbocycles. The summed E-state index contributed by atoms with van der Waals surface area (Å²) in [5, 5.41) is 5.16. The fourth-order valence-corrected chi connectivity index (χ4v) is 3.50. The maximum absolute atomic E-state index is 4.08. The van der Waals surface area contributed by atoms with Gasteiger partial charge in [-0.25, -0.2) is 0 Å². The van der Waals surface area contributed by atoms with E-state index in [1.807, 2.05) is 6.08 Å². The summed E-state index contributed by atoms with van der Waals surface area (Å²) < 4.78 is 0. The largest absolute Gasteiger partial charge is 0.0984 e. The van der Waals surface area contributed by atoms with Gasteiger partial charge in [-0.05, 0) is 77.6 Å². The van der Waals surface area contributed by atoms with Gasteiger partial charge in [0, 0.05) is 0 Å². The summed E-state index contributed by atoms with van der Waals surface area (Å²) in [6, 6.07) is 17.8. The molecule has 26 heavy (non-hydrogen) atoms. The monoisotopic (exact) mass is 338 g/mol. The van der Waals surface area contributed by atoms with Crippen molar-refractivity contribution < 1.29 is 0 Å². The Labute approximate surface area is 156 Å². The minimum Gasteiger partial charge on any atom is -0.0984 e. The fraction of sp³-hybridized carbons (Fsp3) is 0.154. The molecule has 3 rings (SSSR count). The van der Waals surface area contributed by atoms with Crippen LogP contribution in [-0.4, -0.2) is 0 Å². The van der Waals surface area contributed by atoms with Gasteiger partial charge in [-0.15, -0.1) is 0 Å². The van der Waals surface area contributed by atoms with Gasteiger partial charge in [0.15, 0.2) is 0 Å². The summed E-state index contributed by atoms with van der Waals surface area (Å²) in [4.78, 5) is 0. The van der Waals surface area contributed by atoms with E-state index in [2.05, 4.69) is 101 Å². The molecular formula is C26H26. The zero-order valence-electron chi connectivity index (χ0n) is 16.1. The Morgan fingerprint density at radius 1 is 0.885 bits per heavy atom. The Hall–Kier alpha value is -2.86. The first-order chi connectivity index (χ1) is 12.6. The van der Waals surface area contributed by atoms with E-state index in [1.165, 1.54) is 49.4 Å². The Morgan fingerprint density at radius 2 is 1.54 bits per heavy atom. The molecule has 0 heterocycles. The highest BCUT2D eigenvalue weighted by molar-refractivity contribution is 6.08. The van der Waals surface area contributed by atoms with E-state index in [1.54, 1.807) is 0 Å². The van der Waals surface area contributed by atoms with Crippen LogP contribution in [0.4, 0.5) is 0 Å². The number of hydrogen-bond donors (Lipinski definition) is 0. The second-order valence-corrected chi connectivity index (χ2v) is 6.73. The van der Waals surface area contributed by atoms with Gasteiger partial charge in [-0.1, -0.05) is 78.9 Å². The second kappa shape index (κ2) is 7.58. The van der Waals surface area contributed by atoms with E-state index >= 15 is 0 Å². The molecule has 0 aliphatic heterocycles. The zero-order valence-corrected chi connectivity index (χ0v) is 16.1. The van der Waals surface area contributed by atoms with Crippen LogP contribution in [0.3, 0.4) is 0 Å². The smallest absolute Gasteiger partial charge is 0.0105 e. The molecule has 0 radical (unpaired) electrons. The lowest BCUT2D eigenvalue weighted by atomic mass is 9.92. The summed E-state index contributed by atoms with van der Waals surface area (Å²) in [7, 11) is 0. The van der Waals surface area contributed by atoms with Crippen molar-refractivity contribution in [2.45, 2.75) is 27.7 Å². The molecule has 0 amide bonds. The maximum atomic E-state index is 4.08. The van der Waals surface area contributed by atoms with Crippen LogP contribution in [0.2, 0.25) is 0 Å². The normalized spacial score (nSPS) is 13.5. The lowest BCUT2D eigenvalue weighted by molar-refractivity contribution is 1.39. The number of fused-ring (bicyclic) bond motifs is 3. The third kappa shape index (κ3) is 3.28. The topological polar surface area (TPSA) is 0 Å². The molecule has 0 saturated carbocycles. The van der Waals surface area contributed by atoms with Gasteiger partial charge < -0.3 is 0 Å². The fourth-order valence-electron chi connectivity index (χ4n) is 3.50. The van der Waals surface area contributed by atoms with Crippen LogP contribution >= 0.6 is 0 Å². The number of benzene rings is 3. The van der Waals surface area contributed by atoms with E-state index in [-0.39, 0.29) is 0 Å². The van der Waals surface area contributed by atoms with Crippen molar-refractivity contribution in [3.8, 4) is 0 Å². The van der Waals surface area contributed by atoms with E-state index in [4.69, 9.17) is 0 Å². The van der Waals surface area contributed by atoms with Crippen LogP contribution < -0.4 is 0 Å². The first-order valence-electron chi connectivity index (χ1n) is 9.15. The Bertz CT molecular complexity index is 1070. The van der Waals surface area contributed by atoms with Gasteiger partial charge in [0.05, 0.1) is 0 Å². The van der Waals surface area contributed by atoms with Crippen molar-refractivity contribution in [1.29, 1.82) is 0 Å². The number of allylic oxidation sites excluding steroid dienone is 7. The molecule has 0 unspecified atom stereocenters. The zero-order chi connectivity index (χ0) is 18.7. The second-order valence-electron chi connectivity index (χ2n) is 6.73. The third-order valence-corrected chi connectivity index (χ3v) is 4.99. The number of hydrogen-bond acceptors (Lipinski definition) is 0. The van der Waals surface area contributed by atoms with Crippen LogP contribution in [-0.2, 0) is 0 Å². The molecule has 0 aliphatic rings. The summed E-state index contributed by atoms with van der Waals surface area (Å²) in [5.41, 5.74) is 6.15. The molecule has 130 valence electrons. The van der Waals surface area contributed by atoms with Crippen LogP contribution in [0, 0.1) is 6.92 Å². The molecule has 0 heteroatoms. The van der Waals surface area contributed by atoms with Crippen molar-refractivity contribution in [1.82, 2.24) is 0 Å². The van der Waals surface area contributed by atoms with Crippen LogP contribution in [0.1, 0.15) is 31.9 Å². The third-order valence-electron chi connectivity index (χ3n) is 4.99. The van der Waals surface area contributed by atoms with E-state index in [0.717, 1.165) is 0 Å². The van der Waals surface area contributed by atoms with Crippen LogP contribution in [0.5, 0.6) is 0 Å². The van der Waals surface area contributed by atoms with Gasteiger partial charge >= 0.3 is 0 Å². The predicted molar refractivity (Wildman–Crippen MR) is 118 cm³/mol. The molecular weight excluding hydrogens is 312 g/mol. The Kier molecular flexibility index (Phi) is 5.23. The van der Waals surface area contributed by atoms with Gasteiger partial charge in [0.1, 0.15) is 0 Å². The van der Waals surface area contributed by atoms with Crippen molar-refractivity contribution in [3.05, 3.63) is 102 Å². The lowest BCUT2D eigenvalue weighted by Crippen LogP contribution is -1.91. The molecule has 0 bridgehead atoms. The Balaban J connectivity index is 2.26. The van der Waals surface area contributed by atoms with Crippen molar-refractivity contribution in [3.63, 3.8) is 0 Å². The standard InChI is InChI=1S/C26H26/c1-6-9-24(19(5)7-2)23(8-3)21-13-15-26-22(17-21)12-11-20-16-18(4)10-14-25(20)26/h6-17H,3H2,1-2,4-5H3/b9-6-,19-7-,24-23+. The van der Waals surface area contributed by atoms with Crippen molar-refractivity contribution in [2.75, 3.05) is 0 Å². The molecule has 0 N–H and O–H groups in total. The highest BCUT2D eigenvalue weighted by Crippen LogP contribution is 2.31. The van der Waals surface area contributed by atoms with E-state index in [0.29, 0.717) is 0 Å². The van der Waals surface area contributed by atoms with Crippen LogP contribution in [0.15, 0.2) is 90.6 Å². The molecule has 0 saturated heterocycles. The minimum atomic E-state index is 1.17. The van der Waals surface area contributed by atoms with Gasteiger partial charge in [0.25, 0.3) is 0 Å². The average Bonchev–Trinajstić information content (AvgIpc) is 2.66. The summed E-state index contributed by atoms with van der Waals surface area (Å²) in [6.07, 6.45) is 8.37. The van der Waals surface area contributed by atoms with Crippen molar-refractivity contribution >= 4 is 27.1 Å². The van der Waals surface area contributed by atoms with Gasteiger partial charge in [-0.2, -0.15) is 0 Å². The first kappa shape index (κ1) is 17.9. The summed E-state index contributed by atoms with van der Waals surface area (Å²) >= 11 is 0. The number of rotatable bonds is 4. The average molecular weight is 338 g/mol. The lowest BCUT2D eigenvalue weighted by Gasteiger charge is -2.12. The predicted octanol–water partition coefficient (Wildman–Crippen LogP) is 7.78. The molecule has 0 fully saturated rings. The molecule has 0 aromatic heterocycles. The van der Waals surface area contributed by atoms with Gasteiger partial charge in [0.2, 0.25) is 0 Å². The van der Waals surface area contributed by atoms with Gasteiger partial charge in [-0.3, -0.25) is 0 Å². The quantitative estimate of drug-likeness (QED) is 0.336. The molecule has 0 spiro atoms. The number of aryl methyl sites for hydroxylation is 1. The first-order valence-corrected chi connectivity index (χ1v) is 9.15. The van der Waals surface area contributed by atoms with Crippen molar-refractivity contribution in [2.24, 2.45) is 0 Å². The summed E-state index contributed by atoms with van der Waals surface area (Å²) in [5.74, 6) is 0. The summed E-state index contributed by atoms with van der Waals surface area (Å²) in [6.45, 7) is 12.5. The highest BCUT2D eigenvalue weighted by atomic mass is 14.1. The molecule has 0 aliphatic carbocycles. The molecule has 0 nitrogen and oxygen atoms in total. The van der Waals surface area contributed by atoms with E-state index in [9.17, 15) is 0 Å². The molecule has 3 aromatic rings. The Morgan fingerprint density at radius 3 is 2.15 bits per heavy atom.